The number of amides is 1. The average Bonchev–Trinajstić information content (AvgIpc) is 2.28. The van der Waals surface area contributed by atoms with Crippen LogP contribution in [-0.2, 0) is 9.53 Å². The Labute approximate surface area is 97.3 Å². The molecule has 1 unspecified atom stereocenters. The van der Waals surface area contributed by atoms with Crippen molar-refractivity contribution in [3.05, 3.63) is 0 Å². The van der Waals surface area contributed by atoms with E-state index in [9.17, 15) is 4.79 Å². The second-order valence-corrected chi connectivity index (χ2v) is 4.57. The van der Waals surface area contributed by atoms with E-state index in [2.05, 4.69) is 11.2 Å². The van der Waals surface area contributed by atoms with Crippen LogP contribution in [0.15, 0.2) is 0 Å². The lowest BCUT2D eigenvalue weighted by molar-refractivity contribution is -0.137. The molecule has 0 aromatic carbocycles. The van der Waals surface area contributed by atoms with E-state index in [1.165, 1.54) is 0 Å². The van der Waals surface area contributed by atoms with Gasteiger partial charge in [0.15, 0.2) is 0 Å². The lowest BCUT2D eigenvalue weighted by atomic mass is 10.1. The number of nitrogens with zero attached hydrogens (tertiary/aromatic N) is 1. The van der Waals surface area contributed by atoms with Gasteiger partial charge in [0.25, 0.3) is 0 Å². The molecule has 1 fully saturated rings. The van der Waals surface area contributed by atoms with Crippen LogP contribution in [0.3, 0.4) is 0 Å². The molecule has 0 saturated carbocycles. The first kappa shape index (κ1) is 13.0. The summed E-state index contributed by atoms with van der Waals surface area (Å²) in [4.78, 5) is 13.8. The summed E-state index contributed by atoms with van der Waals surface area (Å²) in [7, 11) is 0. The molecule has 0 radical (unpaired) electrons. The first-order valence-corrected chi connectivity index (χ1v) is 5.58. The number of carbonyl (C=O) groups is 1. The number of morpholine rings is 1. The van der Waals surface area contributed by atoms with Crippen molar-refractivity contribution in [2.24, 2.45) is 0 Å². The highest BCUT2D eigenvalue weighted by Gasteiger charge is 2.26. The van der Waals surface area contributed by atoms with Crippen molar-refractivity contribution >= 4 is 5.91 Å². The lowest BCUT2D eigenvalue weighted by Crippen LogP contribution is -2.54. The maximum Gasteiger partial charge on any atom is 0.239 e. The van der Waals surface area contributed by atoms with Crippen LogP contribution in [0.4, 0.5) is 0 Å². The van der Waals surface area contributed by atoms with E-state index in [0.29, 0.717) is 26.3 Å². The Morgan fingerprint density at radius 2 is 2.06 bits per heavy atom. The molecule has 4 nitrogen and oxygen atoms in total. The van der Waals surface area contributed by atoms with Crippen LogP contribution in [0.2, 0.25) is 0 Å². The van der Waals surface area contributed by atoms with Gasteiger partial charge in [0, 0.05) is 13.1 Å². The standard InChI is InChI=1S/C12H20N2O2/c1-5-12(3,4)13-10(2)11(15)14-6-8-16-9-7-14/h1,10,13H,6-9H2,2-4H3. The van der Waals surface area contributed by atoms with Crippen LogP contribution in [0.1, 0.15) is 20.8 Å². The predicted octanol–water partition coefficient (Wildman–Crippen LogP) is 0.235. The molecule has 4 heteroatoms. The molecule has 0 spiro atoms. The number of ether oxygens (including phenoxy) is 1. The highest BCUT2D eigenvalue weighted by molar-refractivity contribution is 5.81. The molecule has 1 heterocycles. The molecule has 1 rings (SSSR count). The van der Waals surface area contributed by atoms with Crippen molar-refractivity contribution in [3.63, 3.8) is 0 Å². The van der Waals surface area contributed by atoms with Crippen molar-refractivity contribution in [1.82, 2.24) is 10.2 Å². The highest BCUT2D eigenvalue weighted by Crippen LogP contribution is 2.05. The molecule has 0 bridgehead atoms. The largest absolute Gasteiger partial charge is 0.378 e. The van der Waals surface area contributed by atoms with Gasteiger partial charge in [0.05, 0.1) is 24.8 Å². The SMILES string of the molecule is C#CC(C)(C)NC(C)C(=O)N1CCOCC1. The minimum atomic E-state index is -0.457. The molecule has 1 atom stereocenters. The maximum absolute atomic E-state index is 12.0. The van der Waals surface area contributed by atoms with Gasteiger partial charge in [-0.15, -0.1) is 6.42 Å². The fourth-order valence-corrected chi connectivity index (χ4v) is 1.70. The van der Waals surface area contributed by atoms with Crippen LogP contribution >= 0.6 is 0 Å². The Bertz CT molecular complexity index is 288. The van der Waals surface area contributed by atoms with Crippen molar-refractivity contribution in [1.29, 1.82) is 0 Å². The summed E-state index contributed by atoms with van der Waals surface area (Å²) < 4.78 is 5.21. The number of rotatable bonds is 3. The number of hydrogen-bond acceptors (Lipinski definition) is 3. The van der Waals surface area contributed by atoms with E-state index >= 15 is 0 Å². The molecule has 90 valence electrons. The minimum Gasteiger partial charge on any atom is -0.378 e. The molecule has 0 aromatic heterocycles. The number of carbonyl (C=O) groups excluding carboxylic acids is 1. The predicted molar refractivity (Wildman–Crippen MR) is 62.9 cm³/mol. The van der Waals surface area contributed by atoms with E-state index in [1.807, 2.05) is 25.7 Å². The molecule has 0 aromatic rings. The van der Waals surface area contributed by atoms with Gasteiger partial charge >= 0.3 is 0 Å². The van der Waals surface area contributed by atoms with Gasteiger partial charge in [0.2, 0.25) is 5.91 Å². The first-order valence-electron chi connectivity index (χ1n) is 5.58. The molecular formula is C12H20N2O2. The van der Waals surface area contributed by atoms with Crippen LogP contribution in [0.5, 0.6) is 0 Å². The second kappa shape index (κ2) is 5.33. The zero-order valence-electron chi connectivity index (χ0n) is 10.2. The smallest absolute Gasteiger partial charge is 0.239 e. The van der Waals surface area contributed by atoms with Gasteiger partial charge in [0.1, 0.15) is 0 Å². The van der Waals surface area contributed by atoms with Gasteiger partial charge in [-0.1, -0.05) is 5.92 Å². The zero-order chi connectivity index (χ0) is 12.2. The molecule has 1 N–H and O–H groups in total. The van der Waals surface area contributed by atoms with Crippen LogP contribution in [0, 0.1) is 12.3 Å². The van der Waals surface area contributed by atoms with Crippen LogP contribution < -0.4 is 5.32 Å². The van der Waals surface area contributed by atoms with Crippen molar-refractivity contribution in [2.75, 3.05) is 26.3 Å². The third-order valence-corrected chi connectivity index (χ3v) is 2.63. The Morgan fingerprint density at radius 3 is 2.56 bits per heavy atom. The van der Waals surface area contributed by atoms with Gasteiger partial charge < -0.3 is 9.64 Å². The number of nitrogens with one attached hydrogen (secondary N) is 1. The molecular weight excluding hydrogens is 204 g/mol. The van der Waals surface area contributed by atoms with Crippen molar-refractivity contribution in [2.45, 2.75) is 32.4 Å². The lowest BCUT2D eigenvalue weighted by Gasteiger charge is -2.32. The summed E-state index contributed by atoms with van der Waals surface area (Å²) in [6.07, 6.45) is 5.38. The second-order valence-electron chi connectivity index (χ2n) is 4.57. The van der Waals surface area contributed by atoms with E-state index in [0.717, 1.165) is 0 Å². The molecule has 1 aliphatic heterocycles. The summed E-state index contributed by atoms with van der Waals surface area (Å²) in [6.45, 7) is 8.19. The number of hydrogen-bond donors (Lipinski definition) is 1. The highest BCUT2D eigenvalue weighted by atomic mass is 16.5. The van der Waals surface area contributed by atoms with Gasteiger partial charge in [-0.2, -0.15) is 0 Å². The van der Waals surface area contributed by atoms with Gasteiger partial charge in [-0.25, -0.2) is 0 Å². The summed E-state index contributed by atoms with van der Waals surface area (Å²) in [5.74, 6) is 2.71. The third kappa shape index (κ3) is 3.51. The van der Waals surface area contributed by atoms with E-state index in [-0.39, 0.29) is 11.9 Å². The van der Waals surface area contributed by atoms with Gasteiger partial charge in [-0.3, -0.25) is 10.1 Å². The maximum atomic E-state index is 12.0. The van der Waals surface area contributed by atoms with Crippen LogP contribution in [-0.4, -0.2) is 48.7 Å². The zero-order valence-corrected chi connectivity index (χ0v) is 10.2. The molecule has 0 aliphatic carbocycles. The van der Waals surface area contributed by atoms with Crippen molar-refractivity contribution in [3.8, 4) is 12.3 Å². The monoisotopic (exact) mass is 224 g/mol. The van der Waals surface area contributed by atoms with E-state index < -0.39 is 5.54 Å². The van der Waals surface area contributed by atoms with E-state index in [4.69, 9.17) is 11.2 Å². The fraction of sp³-hybridized carbons (Fsp3) is 0.750. The third-order valence-electron chi connectivity index (χ3n) is 2.63. The number of terminal acetylenes is 1. The first-order chi connectivity index (χ1) is 7.46. The Hall–Kier alpha value is -1.05. The van der Waals surface area contributed by atoms with Crippen LogP contribution in [0.25, 0.3) is 0 Å². The normalized spacial score (nSPS) is 19.0. The topological polar surface area (TPSA) is 41.6 Å². The average molecular weight is 224 g/mol. The Morgan fingerprint density at radius 1 is 1.50 bits per heavy atom. The molecule has 1 amide bonds. The minimum absolute atomic E-state index is 0.0895. The summed E-state index contributed by atoms with van der Waals surface area (Å²) in [6, 6.07) is -0.260. The van der Waals surface area contributed by atoms with Crippen molar-refractivity contribution < 1.29 is 9.53 Å². The summed E-state index contributed by atoms with van der Waals surface area (Å²) in [5.41, 5.74) is -0.457. The summed E-state index contributed by atoms with van der Waals surface area (Å²) in [5, 5.41) is 3.13. The Kier molecular flexibility index (Phi) is 4.34. The van der Waals surface area contributed by atoms with E-state index in [1.54, 1.807) is 0 Å². The molecule has 1 aliphatic rings. The van der Waals surface area contributed by atoms with Gasteiger partial charge in [-0.05, 0) is 20.8 Å². The quantitative estimate of drug-likeness (QED) is 0.698. The summed E-state index contributed by atoms with van der Waals surface area (Å²) >= 11 is 0. The molecule has 16 heavy (non-hydrogen) atoms. The molecule has 1 saturated heterocycles. The Balaban J connectivity index is 2.50. The fourth-order valence-electron chi connectivity index (χ4n) is 1.70.